The second-order valence-electron chi connectivity index (χ2n) is 3.31. The van der Waals surface area contributed by atoms with Gasteiger partial charge in [-0.1, -0.05) is 0 Å². The maximum atomic E-state index is 5.32. The van der Waals surface area contributed by atoms with Gasteiger partial charge in [0, 0.05) is 18.6 Å². The molecule has 15 heavy (non-hydrogen) atoms. The van der Waals surface area contributed by atoms with E-state index >= 15 is 0 Å². The summed E-state index contributed by atoms with van der Waals surface area (Å²) in [5, 5.41) is 0.999. The van der Waals surface area contributed by atoms with E-state index in [-0.39, 0.29) is 0 Å². The van der Waals surface area contributed by atoms with E-state index in [2.05, 4.69) is 9.97 Å². The molecule has 0 N–H and O–H groups in total. The van der Waals surface area contributed by atoms with Gasteiger partial charge >= 0.3 is 0 Å². The number of pyridine rings is 1. The molecule has 0 aromatic carbocycles. The number of imidazole rings is 1. The lowest BCUT2D eigenvalue weighted by Crippen LogP contribution is -1.98. The van der Waals surface area contributed by atoms with Crippen LogP contribution in [0.3, 0.4) is 0 Å². The Hall–Kier alpha value is -2.10. The van der Waals surface area contributed by atoms with E-state index in [4.69, 9.17) is 4.42 Å². The van der Waals surface area contributed by atoms with Gasteiger partial charge in [-0.15, -0.1) is 0 Å². The number of hydrogen-bond donors (Lipinski definition) is 0. The number of nitrogens with zero attached hydrogens (tertiary/aromatic N) is 3. The second-order valence-corrected chi connectivity index (χ2v) is 3.31. The Morgan fingerprint density at radius 2 is 2.13 bits per heavy atom. The SMILES string of the molecule is Cc1nccn1-c1nccc2occc12. The van der Waals surface area contributed by atoms with Crippen LogP contribution in [-0.4, -0.2) is 14.5 Å². The molecule has 3 rings (SSSR count). The molecule has 0 radical (unpaired) electrons. The molecule has 0 aliphatic heterocycles. The molecule has 4 nitrogen and oxygen atoms in total. The molecule has 0 atom stereocenters. The van der Waals surface area contributed by atoms with Crippen LogP contribution in [-0.2, 0) is 0 Å². The lowest BCUT2D eigenvalue weighted by atomic mass is 10.3. The Bertz CT molecular complexity index is 609. The summed E-state index contributed by atoms with van der Waals surface area (Å²) in [6.07, 6.45) is 7.06. The van der Waals surface area contributed by atoms with Crippen molar-refractivity contribution >= 4 is 11.0 Å². The van der Waals surface area contributed by atoms with Gasteiger partial charge in [0.2, 0.25) is 0 Å². The minimum Gasteiger partial charge on any atom is -0.464 e. The molecule has 0 saturated heterocycles. The summed E-state index contributed by atoms with van der Waals surface area (Å²) < 4.78 is 7.27. The molecule has 0 aliphatic rings. The number of fused-ring (bicyclic) bond motifs is 1. The van der Waals surface area contributed by atoms with E-state index in [0.29, 0.717) is 0 Å². The summed E-state index contributed by atoms with van der Waals surface area (Å²) in [4.78, 5) is 8.52. The maximum absolute atomic E-state index is 5.32. The van der Waals surface area contributed by atoms with E-state index in [0.717, 1.165) is 22.6 Å². The van der Waals surface area contributed by atoms with E-state index in [9.17, 15) is 0 Å². The van der Waals surface area contributed by atoms with E-state index < -0.39 is 0 Å². The van der Waals surface area contributed by atoms with Crippen LogP contribution in [0.4, 0.5) is 0 Å². The largest absolute Gasteiger partial charge is 0.464 e. The molecule has 0 amide bonds. The maximum Gasteiger partial charge on any atom is 0.149 e. The van der Waals surface area contributed by atoms with Crippen molar-refractivity contribution in [3.8, 4) is 5.82 Å². The van der Waals surface area contributed by atoms with Crippen LogP contribution in [0.1, 0.15) is 5.82 Å². The molecule has 3 heterocycles. The molecule has 0 bridgehead atoms. The van der Waals surface area contributed by atoms with Gasteiger partial charge < -0.3 is 4.42 Å². The summed E-state index contributed by atoms with van der Waals surface area (Å²) in [6.45, 7) is 1.95. The van der Waals surface area contributed by atoms with Crippen LogP contribution in [0.5, 0.6) is 0 Å². The molecular formula is C11H9N3O. The highest BCUT2D eigenvalue weighted by molar-refractivity contribution is 5.83. The second kappa shape index (κ2) is 2.95. The third-order valence-corrected chi connectivity index (χ3v) is 2.41. The number of hydrogen-bond acceptors (Lipinski definition) is 3. The zero-order valence-electron chi connectivity index (χ0n) is 8.21. The van der Waals surface area contributed by atoms with Crippen molar-refractivity contribution in [2.75, 3.05) is 0 Å². The first-order chi connectivity index (χ1) is 7.36. The Balaban J connectivity index is 2.36. The minimum absolute atomic E-state index is 0.841. The van der Waals surface area contributed by atoms with Crippen LogP contribution in [0.15, 0.2) is 41.4 Å². The molecule has 0 spiro atoms. The Labute approximate surface area is 86.2 Å². The van der Waals surface area contributed by atoms with Crippen molar-refractivity contribution in [3.05, 3.63) is 42.8 Å². The van der Waals surface area contributed by atoms with E-state index in [1.165, 1.54) is 0 Å². The Morgan fingerprint density at radius 3 is 2.93 bits per heavy atom. The lowest BCUT2D eigenvalue weighted by molar-refractivity contribution is 0.615. The van der Waals surface area contributed by atoms with Crippen molar-refractivity contribution < 1.29 is 4.42 Å². The average molecular weight is 199 g/mol. The topological polar surface area (TPSA) is 43.9 Å². The highest BCUT2D eigenvalue weighted by Gasteiger charge is 2.07. The van der Waals surface area contributed by atoms with Crippen LogP contribution < -0.4 is 0 Å². The highest BCUT2D eigenvalue weighted by Crippen LogP contribution is 2.21. The predicted octanol–water partition coefficient (Wildman–Crippen LogP) is 2.32. The van der Waals surface area contributed by atoms with Crippen molar-refractivity contribution in [2.24, 2.45) is 0 Å². The molecular weight excluding hydrogens is 190 g/mol. The minimum atomic E-state index is 0.841. The number of furan rings is 1. The molecule has 74 valence electrons. The first-order valence-electron chi connectivity index (χ1n) is 4.69. The van der Waals surface area contributed by atoms with Gasteiger partial charge in [0.05, 0.1) is 11.6 Å². The Kier molecular flexibility index (Phi) is 1.62. The standard InChI is InChI=1S/C11H9N3O/c1-8-12-5-6-14(8)11-9-3-7-15-10(9)2-4-13-11/h2-7H,1H3. The number of aryl methyl sites for hydroxylation is 1. The summed E-state index contributed by atoms with van der Waals surface area (Å²) >= 11 is 0. The van der Waals surface area contributed by atoms with E-state index in [1.54, 1.807) is 18.7 Å². The van der Waals surface area contributed by atoms with Gasteiger partial charge in [0.1, 0.15) is 17.2 Å². The highest BCUT2D eigenvalue weighted by atomic mass is 16.3. The zero-order valence-corrected chi connectivity index (χ0v) is 8.21. The van der Waals surface area contributed by atoms with Crippen LogP contribution in [0, 0.1) is 6.92 Å². The fourth-order valence-corrected chi connectivity index (χ4v) is 1.67. The lowest BCUT2D eigenvalue weighted by Gasteiger charge is -2.03. The summed E-state index contributed by atoms with van der Waals surface area (Å²) in [6, 6.07) is 3.77. The third-order valence-electron chi connectivity index (χ3n) is 2.41. The van der Waals surface area contributed by atoms with Crippen molar-refractivity contribution in [2.45, 2.75) is 6.92 Å². The molecule has 4 heteroatoms. The molecule has 3 aromatic rings. The van der Waals surface area contributed by atoms with Gasteiger partial charge in [-0.3, -0.25) is 4.57 Å². The van der Waals surface area contributed by atoms with Gasteiger partial charge in [-0.25, -0.2) is 9.97 Å². The van der Waals surface area contributed by atoms with Crippen LogP contribution in [0.25, 0.3) is 16.8 Å². The summed E-state index contributed by atoms with van der Waals surface area (Å²) in [5.74, 6) is 1.77. The van der Waals surface area contributed by atoms with Crippen molar-refractivity contribution in [1.29, 1.82) is 0 Å². The molecule has 0 aliphatic carbocycles. The van der Waals surface area contributed by atoms with Crippen LogP contribution >= 0.6 is 0 Å². The Morgan fingerprint density at radius 1 is 1.20 bits per heavy atom. The first kappa shape index (κ1) is 8.23. The number of rotatable bonds is 1. The van der Waals surface area contributed by atoms with Crippen LogP contribution in [0.2, 0.25) is 0 Å². The monoisotopic (exact) mass is 199 g/mol. The molecule has 3 aromatic heterocycles. The third kappa shape index (κ3) is 1.15. The van der Waals surface area contributed by atoms with Gasteiger partial charge in [-0.05, 0) is 19.1 Å². The molecule has 0 saturated carbocycles. The zero-order chi connectivity index (χ0) is 10.3. The molecule has 0 fully saturated rings. The van der Waals surface area contributed by atoms with Crippen molar-refractivity contribution in [1.82, 2.24) is 14.5 Å². The number of aromatic nitrogens is 3. The summed E-state index contributed by atoms with van der Waals surface area (Å²) in [7, 11) is 0. The fraction of sp³-hybridized carbons (Fsp3) is 0.0909. The molecule has 0 unspecified atom stereocenters. The average Bonchev–Trinajstić information content (AvgIpc) is 2.85. The van der Waals surface area contributed by atoms with Gasteiger partial charge in [-0.2, -0.15) is 0 Å². The smallest absolute Gasteiger partial charge is 0.149 e. The van der Waals surface area contributed by atoms with Crippen molar-refractivity contribution in [3.63, 3.8) is 0 Å². The van der Waals surface area contributed by atoms with Gasteiger partial charge in [0.15, 0.2) is 0 Å². The predicted molar refractivity (Wildman–Crippen MR) is 55.9 cm³/mol. The first-order valence-corrected chi connectivity index (χ1v) is 4.69. The quantitative estimate of drug-likeness (QED) is 0.604. The van der Waals surface area contributed by atoms with Gasteiger partial charge in [0.25, 0.3) is 0 Å². The van der Waals surface area contributed by atoms with E-state index in [1.807, 2.05) is 29.8 Å². The normalized spacial score (nSPS) is 11.0. The fourth-order valence-electron chi connectivity index (χ4n) is 1.67. The summed E-state index contributed by atoms with van der Waals surface area (Å²) in [5.41, 5.74) is 0.841.